The average Bonchev–Trinajstić information content (AvgIpc) is 2.63. The number of carboxylic acids is 1. The normalized spacial score (nSPS) is 10.8. The number of hydrogen-bond donors (Lipinski definition) is 1. The van der Waals surface area contributed by atoms with Crippen molar-refractivity contribution in [2.24, 2.45) is 0 Å². The fraction of sp³-hybridized carbons (Fsp3) is 0.100. The molecule has 2 aromatic carbocycles. The molecule has 0 atom stereocenters. The number of nitrogens with zero attached hydrogens (tertiary/aromatic N) is 1. The summed E-state index contributed by atoms with van der Waals surface area (Å²) in [7, 11) is 0. The van der Waals surface area contributed by atoms with Gasteiger partial charge >= 0.3 is 5.97 Å². The van der Waals surface area contributed by atoms with E-state index in [2.05, 4.69) is 15.9 Å². The number of carboxylic acid groups (broad SMARTS) is 1. The van der Waals surface area contributed by atoms with E-state index in [4.69, 9.17) is 0 Å². The molecular formula is C20H14BrF2NO3. The van der Waals surface area contributed by atoms with E-state index in [9.17, 15) is 23.5 Å². The summed E-state index contributed by atoms with van der Waals surface area (Å²) in [6, 6.07) is 13.0. The highest BCUT2D eigenvalue weighted by molar-refractivity contribution is 9.10. The SMILES string of the molecule is O=C(O)c1cn(Cc2ccccc2)c(=O)c(F)c1Cc1ccc(Br)cc1F. The molecular weight excluding hydrogens is 420 g/mol. The van der Waals surface area contributed by atoms with Gasteiger partial charge in [0.1, 0.15) is 5.82 Å². The first-order valence-electron chi connectivity index (χ1n) is 7.99. The minimum atomic E-state index is -1.39. The first-order valence-corrected chi connectivity index (χ1v) is 8.79. The maximum atomic E-state index is 14.8. The van der Waals surface area contributed by atoms with Crippen molar-refractivity contribution in [3.05, 3.63) is 103 Å². The zero-order chi connectivity index (χ0) is 19.6. The Bertz CT molecular complexity index is 1060. The van der Waals surface area contributed by atoms with Crippen LogP contribution in [0.1, 0.15) is 27.0 Å². The zero-order valence-electron chi connectivity index (χ0n) is 14.0. The molecule has 1 aromatic heterocycles. The predicted octanol–water partition coefficient (Wildman–Crippen LogP) is 4.23. The second kappa shape index (κ2) is 7.84. The van der Waals surface area contributed by atoms with Crippen LogP contribution in [0.5, 0.6) is 0 Å². The van der Waals surface area contributed by atoms with Crippen LogP contribution < -0.4 is 5.56 Å². The van der Waals surface area contributed by atoms with E-state index in [1.165, 1.54) is 12.1 Å². The lowest BCUT2D eigenvalue weighted by Gasteiger charge is -2.13. The van der Waals surface area contributed by atoms with Crippen molar-refractivity contribution in [1.82, 2.24) is 4.57 Å². The number of carbonyl (C=O) groups is 1. The number of aromatic nitrogens is 1. The van der Waals surface area contributed by atoms with Crippen molar-refractivity contribution < 1.29 is 18.7 Å². The lowest BCUT2D eigenvalue weighted by Crippen LogP contribution is -2.27. The Kier molecular flexibility index (Phi) is 5.51. The first-order chi connectivity index (χ1) is 12.9. The molecule has 0 bridgehead atoms. The van der Waals surface area contributed by atoms with Crippen LogP contribution in [0.25, 0.3) is 0 Å². The van der Waals surface area contributed by atoms with Gasteiger partial charge in [0, 0.05) is 22.7 Å². The van der Waals surface area contributed by atoms with Crippen LogP contribution in [0.2, 0.25) is 0 Å². The van der Waals surface area contributed by atoms with Crippen LogP contribution in [-0.2, 0) is 13.0 Å². The molecule has 0 aliphatic rings. The molecule has 7 heteroatoms. The van der Waals surface area contributed by atoms with E-state index in [1.54, 1.807) is 36.4 Å². The lowest BCUT2D eigenvalue weighted by molar-refractivity contribution is 0.0694. The van der Waals surface area contributed by atoms with Gasteiger partial charge in [-0.25, -0.2) is 13.6 Å². The van der Waals surface area contributed by atoms with Crippen molar-refractivity contribution in [2.75, 3.05) is 0 Å². The highest BCUT2D eigenvalue weighted by Crippen LogP contribution is 2.21. The van der Waals surface area contributed by atoms with Crippen molar-refractivity contribution in [1.29, 1.82) is 0 Å². The summed E-state index contributed by atoms with van der Waals surface area (Å²) in [4.78, 5) is 24.0. The Morgan fingerprint density at radius 1 is 1.11 bits per heavy atom. The Morgan fingerprint density at radius 3 is 2.44 bits per heavy atom. The van der Waals surface area contributed by atoms with Crippen molar-refractivity contribution in [2.45, 2.75) is 13.0 Å². The van der Waals surface area contributed by atoms with E-state index in [0.29, 0.717) is 4.47 Å². The van der Waals surface area contributed by atoms with Crippen LogP contribution in [0, 0.1) is 11.6 Å². The van der Waals surface area contributed by atoms with Gasteiger partial charge in [-0.1, -0.05) is 52.3 Å². The Morgan fingerprint density at radius 2 is 1.81 bits per heavy atom. The largest absolute Gasteiger partial charge is 0.478 e. The standard InChI is InChI=1S/C20H14BrF2NO3/c21-14-7-6-13(17(22)9-14)8-15-16(20(26)27)11-24(19(25)18(15)23)10-12-4-2-1-3-5-12/h1-7,9,11H,8,10H2,(H,26,27). The maximum absolute atomic E-state index is 14.8. The third kappa shape index (κ3) is 4.14. The number of hydrogen-bond acceptors (Lipinski definition) is 2. The van der Waals surface area contributed by atoms with Crippen LogP contribution in [0.4, 0.5) is 8.78 Å². The Balaban J connectivity index is 2.07. The predicted molar refractivity (Wildman–Crippen MR) is 100 cm³/mol. The second-order valence-corrected chi connectivity index (χ2v) is 6.89. The molecule has 0 fully saturated rings. The van der Waals surface area contributed by atoms with Gasteiger partial charge in [0.25, 0.3) is 5.56 Å². The summed E-state index contributed by atoms with van der Waals surface area (Å²) in [5, 5.41) is 9.48. The molecule has 4 nitrogen and oxygen atoms in total. The number of pyridine rings is 1. The topological polar surface area (TPSA) is 59.3 Å². The molecule has 1 N–H and O–H groups in total. The fourth-order valence-electron chi connectivity index (χ4n) is 2.78. The lowest BCUT2D eigenvalue weighted by atomic mass is 10.00. The highest BCUT2D eigenvalue weighted by Gasteiger charge is 2.21. The number of rotatable bonds is 5. The first kappa shape index (κ1) is 19.0. The Hall–Kier alpha value is -2.80. The number of aromatic carboxylic acids is 1. The maximum Gasteiger partial charge on any atom is 0.337 e. The van der Waals surface area contributed by atoms with Gasteiger partial charge in [0.2, 0.25) is 0 Å². The third-order valence-electron chi connectivity index (χ3n) is 4.13. The van der Waals surface area contributed by atoms with Crippen LogP contribution in [-0.4, -0.2) is 15.6 Å². The highest BCUT2D eigenvalue weighted by atomic mass is 79.9. The molecule has 0 saturated carbocycles. The van der Waals surface area contributed by atoms with Gasteiger partial charge in [0.15, 0.2) is 5.82 Å². The molecule has 0 amide bonds. The van der Waals surface area contributed by atoms with Crippen molar-refractivity contribution >= 4 is 21.9 Å². The number of halogens is 3. The molecule has 0 spiro atoms. The van der Waals surface area contributed by atoms with Crippen LogP contribution >= 0.6 is 15.9 Å². The molecule has 1 heterocycles. The molecule has 138 valence electrons. The molecule has 27 heavy (non-hydrogen) atoms. The van der Waals surface area contributed by atoms with Gasteiger partial charge in [0.05, 0.1) is 12.1 Å². The summed E-state index contributed by atoms with van der Waals surface area (Å²) in [6.07, 6.45) is 0.765. The van der Waals surface area contributed by atoms with Gasteiger partial charge in [-0.3, -0.25) is 4.79 Å². The van der Waals surface area contributed by atoms with E-state index in [1.807, 2.05) is 0 Å². The van der Waals surface area contributed by atoms with E-state index in [0.717, 1.165) is 16.3 Å². The monoisotopic (exact) mass is 433 g/mol. The molecule has 0 radical (unpaired) electrons. The summed E-state index contributed by atoms with van der Waals surface area (Å²) >= 11 is 3.13. The molecule has 3 rings (SSSR count). The van der Waals surface area contributed by atoms with Crippen molar-refractivity contribution in [3.8, 4) is 0 Å². The minimum absolute atomic E-state index is 0.0315. The van der Waals surface area contributed by atoms with E-state index >= 15 is 0 Å². The van der Waals surface area contributed by atoms with Crippen LogP contribution in [0.3, 0.4) is 0 Å². The van der Waals surface area contributed by atoms with Gasteiger partial charge in [-0.2, -0.15) is 0 Å². The fourth-order valence-corrected chi connectivity index (χ4v) is 3.11. The summed E-state index contributed by atoms with van der Waals surface area (Å²) in [6.45, 7) is 0.0315. The van der Waals surface area contributed by atoms with E-state index < -0.39 is 23.2 Å². The smallest absolute Gasteiger partial charge is 0.337 e. The molecule has 0 saturated heterocycles. The quantitative estimate of drug-likeness (QED) is 0.654. The van der Waals surface area contributed by atoms with Crippen LogP contribution in [0.15, 0.2) is 64.0 Å². The minimum Gasteiger partial charge on any atom is -0.478 e. The molecule has 0 aliphatic heterocycles. The summed E-state index contributed by atoms with van der Waals surface area (Å²) in [5.74, 6) is -3.19. The Labute approximate surface area is 161 Å². The van der Waals surface area contributed by atoms with E-state index in [-0.39, 0.29) is 29.7 Å². The molecule has 3 aromatic rings. The molecule has 0 aliphatic carbocycles. The van der Waals surface area contributed by atoms with Crippen molar-refractivity contribution in [3.63, 3.8) is 0 Å². The van der Waals surface area contributed by atoms with Gasteiger partial charge in [-0.05, 0) is 23.3 Å². The second-order valence-electron chi connectivity index (χ2n) is 5.97. The third-order valence-corrected chi connectivity index (χ3v) is 4.63. The average molecular weight is 434 g/mol. The summed E-state index contributed by atoms with van der Waals surface area (Å²) < 4.78 is 30.3. The number of benzene rings is 2. The molecule has 0 unspecified atom stereocenters. The van der Waals surface area contributed by atoms with Gasteiger partial charge < -0.3 is 9.67 Å². The van der Waals surface area contributed by atoms with Gasteiger partial charge in [-0.15, -0.1) is 0 Å². The zero-order valence-corrected chi connectivity index (χ0v) is 15.5. The summed E-state index contributed by atoms with van der Waals surface area (Å²) in [5.41, 5.74) is -0.832.